The lowest BCUT2D eigenvalue weighted by molar-refractivity contribution is -0.355. The Bertz CT molecular complexity index is 1600. The number of hydrogen-bond acceptors (Lipinski definition) is 14. The van der Waals surface area contributed by atoms with Crippen LogP contribution < -0.4 is 0 Å². The van der Waals surface area contributed by atoms with Crippen molar-refractivity contribution in [3.63, 3.8) is 0 Å². The number of carbonyl (C=O) groups excluding carboxylic acids is 1. The third kappa shape index (κ3) is 9.23. The van der Waals surface area contributed by atoms with Gasteiger partial charge < -0.3 is 62.7 Å². The number of esters is 1. The molecule has 3 N–H and O–H groups in total. The third-order valence-corrected chi connectivity index (χ3v) is 14.8. The molecule has 60 heavy (non-hydrogen) atoms. The van der Waals surface area contributed by atoms with E-state index >= 15 is 0 Å². The van der Waals surface area contributed by atoms with E-state index < -0.39 is 96.4 Å². The Balaban J connectivity index is 1.17. The van der Waals surface area contributed by atoms with Crippen LogP contribution in [0, 0.1) is 23.7 Å². The molecular formula is C46H72O14. The number of rotatable bonds is 6. The highest BCUT2D eigenvalue weighted by molar-refractivity contribution is 5.76. The fraction of sp³-hybridized carbons (Fsp3) is 0.848. The van der Waals surface area contributed by atoms with Crippen LogP contribution in [-0.4, -0.2) is 139 Å². The Morgan fingerprint density at radius 3 is 2.28 bits per heavy atom. The van der Waals surface area contributed by atoms with Crippen LogP contribution in [0.1, 0.15) is 107 Å². The monoisotopic (exact) mass is 848 g/mol. The second-order valence-electron chi connectivity index (χ2n) is 19.4. The van der Waals surface area contributed by atoms with Crippen molar-refractivity contribution in [1.82, 2.24) is 0 Å². The predicted octanol–water partition coefficient (Wildman–Crippen LogP) is 5.05. The average molecular weight is 849 g/mol. The van der Waals surface area contributed by atoms with Crippen molar-refractivity contribution in [1.29, 1.82) is 0 Å². The van der Waals surface area contributed by atoms with Gasteiger partial charge in [0.25, 0.3) is 0 Å². The molecule has 14 nitrogen and oxygen atoms in total. The van der Waals surface area contributed by atoms with Gasteiger partial charge in [0.05, 0.1) is 60.9 Å². The molecule has 6 fully saturated rings. The summed E-state index contributed by atoms with van der Waals surface area (Å²) < 4.78 is 63.6. The van der Waals surface area contributed by atoms with Gasteiger partial charge in [-0.15, -0.1) is 0 Å². The lowest BCUT2D eigenvalue weighted by atomic mass is 9.66. The molecular weight excluding hydrogens is 776 g/mol. The highest BCUT2D eigenvalue weighted by Gasteiger charge is 2.62. The molecule has 5 saturated heterocycles. The summed E-state index contributed by atoms with van der Waals surface area (Å²) in [5.74, 6) is -2.51. The smallest absolute Gasteiger partial charge is 0.312 e. The molecule has 0 radical (unpaired) electrons. The maximum absolute atomic E-state index is 14.3. The van der Waals surface area contributed by atoms with E-state index in [4.69, 9.17) is 47.4 Å². The standard InChI is InChI=1S/C46H72O14/c1-24-12-11-13-30-23-53-42-38(47)26(3)18-33(46(30,42)50)43(49)56-32-19-31(59-45(22-32)17-16-27(4)44(7,8)60-45)15-14-25(2)40(24)57-37-21-35(52-10)41(29(6)55-37)58-36-20-34(51-9)39(48)28(5)54-36/h11-14,24,26-29,31-42,47-48,50H,15-23H2,1-10H3/b12-11+,25-14+,30-13+/t24-,26?,27-,28-,29-,31?,32?,33-,34+,35-,36-,37-,38+,39-,40-,41-,42+,45+,46+/m0/s1. The normalized spacial score (nSPS) is 51.1. The Morgan fingerprint density at radius 2 is 1.57 bits per heavy atom. The van der Waals surface area contributed by atoms with Gasteiger partial charge in [0.2, 0.25) is 0 Å². The molecule has 0 aromatic heterocycles. The Kier molecular flexibility index (Phi) is 14.1. The third-order valence-electron chi connectivity index (χ3n) is 14.8. The van der Waals surface area contributed by atoms with Crippen LogP contribution >= 0.6 is 0 Å². The Morgan fingerprint density at radius 1 is 0.867 bits per heavy atom. The summed E-state index contributed by atoms with van der Waals surface area (Å²) in [6.07, 6.45) is 4.51. The lowest BCUT2D eigenvalue weighted by Gasteiger charge is -2.53. The van der Waals surface area contributed by atoms with E-state index in [1.54, 1.807) is 21.1 Å². The van der Waals surface area contributed by atoms with Crippen LogP contribution in [0.4, 0.5) is 0 Å². The van der Waals surface area contributed by atoms with Crippen LogP contribution in [-0.2, 0) is 52.2 Å². The number of fused-ring (bicyclic) bond motifs is 2. The molecule has 6 aliphatic heterocycles. The molecule has 1 spiro atoms. The van der Waals surface area contributed by atoms with Gasteiger partial charge in [-0.3, -0.25) is 4.79 Å². The molecule has 0 amide bonds. The van der Waals surface area contributed by atoms with Crippen LogP contribution in [0.25, 0.3) is 0 Å². The van der Waals surface area contributed by atoms with Crippen LogP contribution in [0.3, 0.4) is 0 Å². The minimum Gasteiger partial charge on any atom is -0.462 e. The second-order valence-corrected chi connectivity index (χ2v) is 19.4. The molecule has 14 heteroatoms. The van der Waals surface area contributed by atoms with Gasteiger partial charge in [0, 0.05) is 52.2 Å². The number of allylic oxidation sites excluding steroid dienone is 2. The van der Waals surface area contributed by atoms with Crippen molar-refractivity contribution >= 4 is 5.97 Å². The van der Waals surface area contributed by atoms with Crippen molar-refractivity contribution in [2.75, 3.05) is 20.8 Å². The largest absolute Gasteiger partial charge is 0.462 e. The number of aliphatic hydroxyl groups excluding tert-OH is 2. The number of carbonyl (C=O) groups is 1. The molecule has 2 bridgehead atoms. The first-order valence-electron chi connectivity index (χ1n) is 22.4. The first-order valence-corrected chi connectivity index (χ1v) is 22.4. The first kappa shape index (κ1) is 46.2. The quantitative estimate of drug-likeness (QED) is 0.240. The van der Waals surface area contributed by atoms with Crippen molar-refractivity contribution in [2.45, 2.75) is 203 Å². The van der Waals surface area contributed by atoms with Gasteiger partial charge in [-0.2, -0.15) is 0 Å². The second kappa shape index (κ2) is 18.4. The first-order chi connectivity index (χ1) is 28.4. The number of aliphatic hydroxyl groups is 3. The van der Waals surface area contributed by atoms with E-state index in [2.05, 4.69) is 40.7 Å². The van der Waals surface area contributed by atoms with Gasteiger partial charge in [-0.1, -0.05) is 45.1 Å². The highest BCUT2D eigenvalue weighted by Crippen LogP contribution is 2.50. The van der Waals surface area contributed by atoms with Crippen molar-refractivity contribution in [3.05, 3.63) is 35.5 Å². The van der Waals surface area contributed by atoms with E-state index in [0.717, 1.165) is 12.0 Å². The molecule has 1 aliphatic carbocycles. The fourth-order valence-electron chi connectivity index (χ4n) is 10.8. The average Bonchev–Trinajstić information content (AvgIpc) is 3.53. The summed E-state index contributed by atoms with van der Waals surface area (Å²) in [5.41, 5.74) is -0.694. The molecule has 7 aliphatic rings. The van der Waals surface area contributed by atoms with Crippen LogP contribution in [0.2, 0.25) is 0 Å². The van der Waals surface area contributed by atoms with Gasteiger partial charge in [-0.25, -0.2) is 0 Å². The van der Waals surface area contributed by atoms with Crippen LogP contribution in [0.5, 0.6) is 0 Å². The van der Waals surface area contributed by atoms with Crippen molar-refractivity contribution < 1.29 is 67.5 Å². The molecule has 19 atom stereocenters. The lowest BCUT2D eigenvalue weighted by Crippen LogP contribution is -2.61. The summed E-state index contributed by atoms with van der Waals surface area (Å²) in [7, 11) is 3.23. The summed E-state index contributed by atoms with van der Waals surface area (Å²) in [5, 5.41) is 34.3. The van der Waals surface area contributed by atoms with E-state index in [0.29, 0.717) is 50.0 Å². The molecule has 340 valence electrons. The molecule has 3 unspecified atom stereocenters. The number of ether oxygens (including phenoxy) is 10. The number of methoxy groups -OCH3 is 2. The maximum Gasteiger partial charge on any atom is 0.312 e. The van der Waals surface area contributed by atoms with E-state index in [-0.39, 0.29) is 37.1 Å². The molecule has 0 aromatic carbocycles. The fourth-order valence-corrected chi connectivity index (χ4v) is 10.8. The van der Waals surface area contributed by atoms with E-state index in [1.165, 1.54) is 0 Å². The summed E-state index contributed by atoms with van der Waals surface area (Å²) in [4.78, 5) is 14.3. The van der Waals surface area contributed by atoms with Gasteiger partial charge in [0.1, 0.15) is 30.0 Å². The topological polar surface area (TPSA) is 170 Å². The Hall–Kier alpha value is -1.79. The minimum atomic E-state index is -1.74. The minimum absolute atomic E-state index is 0.0723. The molecule has 0 aromatic rings. The Labute approximate surface area is 356 Å². The van der Waals surface area contributed by atoms with Crippen LogP contribution in [0.15, 0.2) is 35.5 Å². The SMILES string of the molecule is CO[C@H]1C[C@H](O[C@@H]2/C(C)=C/CC3CC(C[C@]4(CC[C@H](C)C(C)(C)O4)O3)OC(=O)[C@@H]3CC(C)[C@@H](O)[C@H]4OC/C(=C\C=C\[C@@H]2C)[C@]43O)O[C@@H](C)[C@@H]1O[C@H]1C[C@@H](OC)[C@@H](O)[C@H](C)O1. The summed E-state index contributed by atoms with van der Waals surface area (Å²) >= 11 is 0. The van der Waals surface area contributed by atoms with E-state index in [1.807, 2.05) is 32.1 Å². The highest BCUT2D eigenvalue weighted by atomic mass is 16.7. The zero-order chi connectivity index (χ0) is 43.3. The molecule has 1 saturated carbocycles. The maximum atomic E-state index is 14.3. The number of hydrogen-bond donors (Lipinski definition) is 3. The zero-order valence-electron chi connectivity index (χ0n) is 37.3. The summed E-state index contributed by atoms with van der Waals surface area (Å²) in [6, 6.07) is 0. The summed E-state index contributed by atoms with van der Waals surface area (Å²) in [6.45, 7) is 16.2. The molecule has 6 heterocycles. The van der Waals surface area contributed by atoms with Gasteiger partial charge in [-0.05, 0) is 76.9 Å². The molecule has 7 rings (SSSR count). The van der Waals surface area contributed by atoms with Gasteiger partial charge in [0.15, 0.2) is 18.4 Å². The zero-order valence-corrected chi connectivity index (χ0v) is 37.3. The van der Waals surface area contributed by atoms with Gasteiger partial charge >= 0.3 is 5.97 Å². The van der Waals surface area contributed by atoms with E-state index in [9.17, 15) is 20.1 Å². The van der Waals surface area contributed by atoms with Crippen molar-refractivity contribution in [3.8, 4) is 0 Å². The predicted molar refractivity (Wildman–Crippen MR) is 218 cm³/mol. The van der Waals surface area contributed by atoms with Crippen molar-refractivity contribution in [2.24, 2.45) is 23.7 Å².